The first-order valence-corrected chi connectivity index (χ1v) is 12.1. The molecular formula is C29H28N2O7. The minimum atomic E-state index is -0.565. The molecule has 196 valence electrons. The molecule has 3 amide bonds. The first-order chi connectivity index (χ1) is 18.3. The van der Waals surface area contributed by atoms with Crippen molar-refractivity contribution in [3.05, 3.63) is 89.0 Å². The summed E-state index contributed by atoms with van der Waals surface area (Å²) in [4.78, 5) is 51.4. The molecule has 0 radical (unpaired) electrons. The Morgan fingerprint density at radius 1 is 0.895 bits per heavy atom. The fourth-order valence-corrected chi connectivity index (χ4v) is 4.30. The van der Waals surface area contributed by atoms with Crippen molar-refractivity contribution >= 4 is 29.4 Å². The molecule has 1 atom stereocenters. The Hall–Kier alpha value is -4.66. The number of hydrogen-bond donors (Lipinski definition) is 1. The lowest BCUT2D eigenvalue weighted by Gasteiger charge is -2.22. The van der Waals surface area contributed by atoms with Crippen LogP contribution in [0.2, 0.25) is 0 Å². The predicted octanol–water partition coefficient (Wildman–Crippen LogP) is 4.58. The zero-order valence-electron chi connectivity index (χ0n) is 21.4. The van der Waals surface area contributed by atoms with E-state index in [1.807, 2.05) is 6.92 Å². The Kier molecular flexibility index (Phi) is 8.06. The Balaban J connectivity index is 1.35. The van der Waals surface area contributed by atoms with Crippen LogP contribution >= 0.6 is 0 Å². The highest BCUT2D eigenvalue weighted by molar-refractivity contribution is 6.21. The highest BCUT2D eigenvalue weighted by atomic mass is 16.5. The van der Waals surface area contributed by atoms with Crippen molar-refractivity contribution in [3.8, 4) is 11.5 Å². The quantitative estimate of drug-likeness (QED) is 0.239. The van der Waals surface area contributed by atoms with Crippen LogP contribution in [0.25, 0.3) is 0 Å². The fraction of sp³-hybridized carbons (Fsp3) is 0.241. The zero-order valence-corrected chi connectivity index (χ0v) is 21.4. The van der Waals surface area contributed by atoms with Crippen molar-refractivity contribution < 1.29 is 33.4 Å². The normalized spacial score (nSPS) is 13.1. The first kappa shape index (κ1) is 26.4. The third-order valence-electron chi connectivity index (χ3n) is 6.29. The van der Waals surface area contributed by atoms with Crippen LogP contribution in [-0.2, 0) is 4.74 Å². The molecule has 0 fully saturated rings. The number of fused-ring (bicyclic) bond motifs is 1. The van der Waals surface area contributed by atoms with E-state index in [2.05, 4.69) is 5.32 Å². The van der Waals surface area contributed by atoms with E-state index in [1.54, 1.807) is 48.5 Å². The number of anilines is 1. The lowest BCUT2D eigenvalue weighted by atomic mass is 10.1. The van der Waals surface area contributed by atoms with Crippen LogP contribution in [0.1, 0.15) is 61.2 Å². The van der Waals surface area contributed by atoms with Gasteiger partial charge in [0, 0.05) is 11.6 Å². The number of imide groups is 1. The number of nitrogens with zero attached hydrogens (tertiary/aromatic N) is 1. The summed E-state index contributed by atoms with van der Waals surface area (Å²) in [5.41, 5.74) is 1.84. The lowest BCUT2D eigenvalue weighted by Crippen LogP contribution is -2.38. The van der Waals surface area contributed by atoms with Gasteiger partial charge in [-0.2, -0.15) is 0 Å². The van der Waals surface area contributed by atoms with E-state index in [0.717, 1.165) is 0 Å². The Bertz CT molecular complexity index is 1350. The molecule has 9 nitrogen and oxygen atoms in total. The molecule has 1 aliphatic rings. The van der Waals surface area contributed by atoms with Gasteiger partial charge >= 0.3 is 5.97 Å². The second-order valence-corrected chi connectivity index (χ2v) is 8.72. The van der Waals surface area contributed by atoms with Gasteiger partial charge in [-0.3, -0.25) is 19.3 Å². The van der Waals surface area contributed by atoms with E-state index >= 15 is 0 Å². The van der Waals surface area contributed by atoms with Crippen molar-refractivity contribution in [2.75, 3.05) is 26.1 Å². The second kappa shape index (κ2) is 11.6. The summed E-state index contributed by atoms with van der Waals surface area (Å²) >= 11 is 0. The number of ether oxygens (including phenoxy) is 3. The number of rotatable bonds is 10. The maximum absolute atomic E-state index is 12.9. The van der Waals surface area contributed by atoms with Gasteiger partial charge in [0.1, 0.15) is 17.1 Å². The van der Waals surface area contributed by atoms with Crippen molar-refractivity contribution in [1.82, 2.24) is 4.90 Å². The number of carbonyl (C=O) groups is 4. The molecule has 0 bridgehead atoms. The van der Waals surface area contributed by atoms with E-state index in [1.165, 1.54) is 37.3 Å². The SMILES string of the molecule is COC(=O)c1ccc(C(=O)Nc2ccccc2OCCCC(C)N2C(=O)c3ccccc3C2=O)cc1OC. The van der Waals surface area contributed by atoms with Crippen LogP contribution in [0.5, 0.6) is 11.5 Å². The molecule has 0 aromatic heterocycles. The molecular weight excluding hydrogens is 488 g/mol. The summed E-state index contributed by atoms with van der Waals surface area (Å²) in [6.45, 7) is 2.16. The number of amides is 3. The summed E-state index contributed by atoms with van der Waals surface area (Å²) in [6, 6.07) is 18.0. The summed E-state index contributed by atoms with van der Waals surface area (Å²) < 4.78 is 15.9. The summed E-state index contributed by atoms with van der Waals surface area (Å²) in [6.07, 6.45) is 1.15. The van der Waals surface area contributed by atoms with Crippen LogP contribution in [0.15, 0.2) is 66.7 Å². The Morgan fingerprint density at radius 2 is 1.55 bits per heavy atom. The third kappa shape index (κ3) is 5.36. The lowest BCUT2D eigenvalue weighted by molar-refractivity contribution is 0.0577. The molecule has 3 aromatic rings. The molecule has 1 N–H and O–H groups in total. The molecule has 9 heteroatoms. The molecule has 1 aliphatic heterocycles. The minimum Gasteiger partial charge on any atom is -0.496 e. The Morgan fingerprint density at radius 3 is 2.21 bits per heavy atom. The molecule has 1 heterocycles. The van der Waals surface area contributed by atoms with E-state index in [0.29, 0.717) is 47.6 Å². The van der Waals surface area contributed by atoms with Gasteiger partial charge in [-0.05, 0) is 62.2 Å². The van der Waals surface area contributed by atoms with Crippen LogP contribution in [0, 0.1) is 0 Å². The van der Waals surface area contributed by atoms with Gasteiger partial charge < -0.3 is 19.5 Å². The molecule has 4 rings (SSSR count). The summed E-state index contributed by atoms with van der Waals surface area (Å²) in [5, 5.41) is 2.82. The van der Waals surface area contributed by atoms with Crippen molar-refractivity contribution in [3.63, 3.8) is 0 Å². The van der Waals surface area contributed by atoms with Crippen LogP contribution in [-0.4, -0.2) is 55.5 Å². The monoisotopic (exact) mass is 516 g/mol. The van der Waals surface area contributed by atoms with Gasteiger partial charge in [0.15, 0.2) is 0 Å². The van der Waals surface area contributed by atoms with Crippen molar-refractivity contribution in [2.45, 2.75) is 25.8 Å². The van der Waals surface area contributed by atoms with Gasteiger partial charge in [-0.15, -0.1) is 0 Å². The van der Waals surface area contributed by atoms with Crippen LogP contribution in [0.4, 0.5) is 5.69 Å². The molecule has 0 aliphatic carbocycles. The second-order valence-electron chi connectivity index (χ2n) is 8.72. The molecule has 0 spiro atoms. The highest BCUT2D eigenvalue weighted by Crippen LogP contribution is 2.28. The van der Waals surface area contributed by atoms with Crippen LogP contribution in [0.3, 0.4) is 0 Å². The molecule has 3 aromatic carbocycles. The predicted molar refractivity (Wildman–Crippen MR) is 140 cm³/mol. The van der Waals surface area contributed by atoms with E-state index in [-0.39, 0.29) is 29.2 Å². The number of esters is 1. The number of nitrogens with one attached hydrogen (secondary N) is 1. The highest BCUT2D eigenvalue weighted by Gasteiger charge is 2.37. The molecule has 1 unspecified atom stereocenters. The van der Waals surface area contributed by atoms with Crippen molar-refractivity contribution in [2.24, 2.45) is 0 Å². The summed E-state index contributed by atoms with van der Waals surface area (Å²) in [7, 11) is 2.67. The van der Waals surface area contributed by atoms with Crippen molar-refractivity contribution in [1.29, 1.82) is 0 Å². The Labute approximate surface area is 220 Å². The maximum Gasteiger partial charge on any atom is 0.341 e. The standard InChI is InChI=1S/C29H28N2O7/c1-18(31-27(33)20-10-4-5-11-21(20)28(31)34)9-8-16-38-24-13-7-6-12-23(24)30-26(32)19-14-15-22(29(35)37-3)25(17-19)36-2/h4-7,10-15,17-18H,8-9,16H2,1-3H3,(H,30,32). The molecule has 0 saturated carbocycles. The minimum absolute atomic E-state index is 0.214. The van der Waals surface area contributed by atoms with Crippen LogP contribution < -0.4 is 14.8 Å². The van der Waals surface area contributed by atoms with E-state index in [4.69, 9.17) is 14.2 Å². The van der Waals surface area contributed by atoms with E-state index in [9.17, 15) is 19.2 Å². The number of carbonyl (C=O) groups excluding carboxylic acids is 4. The number of benzene rings is 3. The smallest absolute Gasteiger partial charge is 0.341 e. The third-order valence-corrected chi connectivity index (χ3v) is 6.29. The van der Waals surface area contributed by atoms with Gasteiger partial charge in [-0.25, -0.2) is 4.79 Å². The molecule has 38 heavy (non-hydrogen) atoms. The largest absolute Gasteiger partial charge is 0.496 e. The number of hydrogen-bond acceptors (Lipinski definition) is 7. The van der Waals surface area contributed by atoms with Gasteiger partial charge in [-0.1, -0.05) is 24.3 Å². The number of para-hydroxylation sites is 2. The first-order valence-electron chi connectivity index (χ1n) is 12.1. The average molecular weight is 517 g/mol. The van der Waals surface area contributed by atoms with E-state index < -0.39 is 11.9 Å². The summed E-state index contributed by atoms with van der Waals surface area (Å²) in [5.74, 6) is -0.819. The molecule has 0 saturated heterocycles. The van der Waals surface area contributed by atoms with Gasteiger partial charge in [0.05, 0.1) is 37.6 Å². The number of methoxy groups -OCH3 is 2. The maximum atomic E-state index is 12.9. The average Bonchev–Trinajstić information content (AvgIpc) is 3.20. The fourth-order valence-electron chi connectivity index (χ4n) is 4.30. The van der Waals surface area contributed by atoms with Gasteiger partial charge in [0.25, 0.3) is 17.7 Å². The topological polar surface area (TPSA) is 111 Å². The zero-order chi connectivity index (χ0) is 27.2. The van der Waals surface area contributed by atoms with Gasteiger partial charge in [0.2, 0.25) is 0 Å².